The number of allylic oxidation sites excluding steroid dienone is 3. The Morgan fingerprint density at radius 2 is 1.93 bits per heavy atom. The predicted octanol–water partition coefficient (Wildman–Crippen LogP) is 6.28. The van der Waals surface area contributed by atoms with Crippen molar-refractivity contribution in [2.75, 3.05) is 25.2 Å². The summed E-state index contributed by atoms with van der Waals surface area (Å²) in [5, 5.41) is 9.55. The number of halogens is 4. The number of hydrogen-bond donors (Lipinski definition) is 1. The highest BCUT2D eigenvalue weighted by Gasteiger charge is 2.56. The predicted molar refractivity (Wildman–Crippen MR) is 147 cm³/mol. The molecule has 0 bridgehead atoms. The molecule has 3 aliphatic carbocycles. The summed E-state index contributed by atoms with van der Waals surface area (Å²) in [6, 6.07) is 7.30. The van der Waals surface area contributed by atoms with E-state index in [1.54, 1.807) is 0 Å². The Bertz CT molecular complexity index is 1510. The molecule has 2 fully saturated rings. The number of fused-ring (bicyclic) bond motifs is 3. The number of benzene rings is 2. The fourth-order valence-electron chi connectivity index (χ4n) is 5.92. The third-order valence-corrected chi connectivity index (χ3v) is 9.10. The Morgan fingerprint density at radius 1 is 1.15 bits per heavy atom. The number of aliphatic hydroxyl groups is 1. The minimum absolute atomic E-state index is 0.0389. The van der Waals surface area contributed by atoms with Crippen molar-refractivity contribution >= 4 is 9.84 Å². The highest BCUT2D eigenvalue weighted by molar-refractivity contribution is 7.90. The molecule has 0 radical (unpaired) electrons. The van der Waals surface area contributed by atoms with E-state index in [-0.39, 0.29) is 54.4 Å². The summed E-state index contributed by atoms with van der Waals surface area (Å²) in [6.07, 6.45) is 1.65. The lowest BCUT2D eigenvalue weighted by Gasteiger charge is -2.18. The Morgan fingerprint density at radius 3 is 2.63 bits per heavy atom. The summed E-state index contributed by atoms with van der Waals surface area (Å²) in [5.74, 6) is 0.369. The van der Waals surface area contributed by atoms with E-state index in [1.165, 1.54) is 29.8 Å². The third kappa shape index (κ3) is 6.60. The van der Waals surface area contributed by atoms with Crippen LogP contribution in [-0.2, 0) is 27.4 Å². The topological polar surface area (TPSA) is 72.8 Å². The van der Waals surface area contributed by atoms with Gasteiger partial charge in [-0.3, -0.25) is 0 Å². The van der Waals surface area contributed by atoms with Gasteiger partial charge in [-0.1, -0.05) is 24.8 Å². The molecule has 0 aliphatic heterocycles. The van der Waals surface area contributed by atoms with Crippen molar-refractivity contribution in [2.24, 2.45) is 17.8 Å². The van der Waals surface area contributed by atoms with E-state index in [2.05, 4.69) is 12.7 Å². The van der Waals surface area contributed by atoms with Gasteiger partial charge in [0.2, 0.25) is 0 Å². The number of aliphatic hydroxyl groups excluding tert-OH is 1. The average Bonchev–Trinajstić information content (AvgIpc) is 3.52. The second-order valence-corrected chi connectivity index (χ2v) is 13.3. The lowest BCUT2D eigenvalue weighted by molar-refractivity contribution is -0.137. The van der Waals surface area contributed by atoms with Gasteiger partial charge in [-0.2, -0.15) is 13.2 Å². The highest BCUT2D eigenvalue weighted by atomic mass is 32.2. The zero-order valence-corrected chi connectivity index (χ0v) is 23.4. The molecule has 1 N–H and O–H groups in total. The van der Waals surface area contributed by atoms with Crippen molar-refractivity contribution in [1.29, 1.82) is 0 Å². The van der Waals surface area contributed by atoms with E-state index < -0.39 is 33.5 Å². The van der Waals surface area contributed by atoms with Gasteiger partial charge in [-0.15, -0.1) is 0 Å². The summed E-state index contributed by atoms with van der Waals surface area (Å²) < 4.78 is 90.8. The fraction of sp³-hybridized carbons (Fsp3) is 0.419. The van der Waals surface area contributed by atoms with Gasteiger partial charge in [0.05, 0.1) is 30.6 Å². The molecule has 4 atom stereocenters. The molecule has 0 heterocycles. The first-order valence-electron chi connectivity index (χ1n) is 13.5. The molecule has 5 rings (SSSR count). The van der Waals surface area contributed by atoms with Crippen molar-refractivity contribution in [2.45, 2.75) is 38.1 Å². The second-order valence-electron chi connectivity index (χ2n) is 11.0. The standard InChI is InChI=1S/C31H32F4O5S/c1-18-4-7-24-20(13-25-26(16-36)30(24)25)14-29(18)40-17-21-12-19(5-9-28(21)32)23-8-6-22(15-27(23)31(33,34)35)39-10-3-11-41(2,37)38/h5-9,12,14-15,25-26,29-30,36H,1,3-4,10-11,13,16-17H2,2H3. The first kappa shape index (κ1) is 29.5. The van der Waals surface area contributed by atoms with Crippen LogP contribution >= 0.6 is 0 Å². The van der Waals surface area contributed by atoms with Crippen LogP contribution in [0.25, 0.3) is 11.1 Å². The number of alkyl halides is 3. The van der Waals surface area contributed by atoms with Crippen LogP contribution < -0.4 is 4.74 Å². The molecular formula is C31H32F4O5S. The van der Waals surface area contributed by atoms with Gasteiger partial charge >= 0.3 is 6.18 Å². The van der Waals surface area contributed by atoms with Gasteiger partial charge in [0.25, 0.3) is 0 Å². The van der Waals surface area contributed by atoms with E-state index in [1.807, 2.05) is 6.08 Å². The number of rotatable bonds is 10. The molecular weight excluding hydrogens is 560 g/mol. The monoisotopic (exact) mass is 592 g/mol. The molecule has 41 heavy (non-hydrogen) atoms. The van der Waals surface area contributed by atoms with Crippen molar-refractivity contribution in [3.63, 3.8) is 0 Å². The van der Waals surface area contributed by atoms with Crippen LogP contribution in [0.1, 0.15) is 30.4 Å². The SMILES string of the molecule is C=C1CC=C2C(=CC1OCc1cc(-c3ccc(OCCCS(C)(=O)=O)cc3C(F)(F)F)ccc1F)CC1C(CO)C21. The van der Waals surface area contributed by atoms with Crippen molar-refractivity contribution in [3.05, 3.63) is 88.8 Å². The molecule has 2 saturated carbocycles. The Labute approximate surface area is 237 Å². The van der Waals surface area contributed by atoms with Crippen molar-refractivity contribution in [1.82, 2.24) is 0 Å². The van der Waals surface area contributed by atoms with E-state index in [0.717, 1.165) is 36.0 Å². The lowest BCUT2D eigenvalue weighted by atomic mass is 9.97. The first-order valence-corrected chi connectivity index (χ1v) is 15.5. The van der Waals surface area contributed by atoms with E-state index in [4.69, 9.17) is 9.47 Å². The minimum atomic E-state index is -4.71. The quantitative estimate of drug-likeness (QED) is 0.200. The molecule has 0 saturated heterocycles. The zero-order valence-electron chi connectivity index (χ0n) is 22.6. The van der Waals surface area contributed by atoms with Crippen molar-refractivity contribution in [3.8, 4) is 16.9 Å². The van der Waals surface area contributed by atoms with Gasteiger partial charge in [-0.25, -0.2) is 12.8 Å². The number of sulfone groups is 1. The molecule has 0 aromatic heterocycles. The van der Waals surface area contributed by atoms with Crippen LogP contribution in [0.5, 0.6) is 5.75 Å². The molecule has 4 unspecified atom stereocenters. The maximum absolute atomic E-state index is 14.8. The molecule has 220 valence electrons. The summed E-state index contributed by atoms with van der Waals surface area (Å²) in [6.45, 7) is 4.09. The smallest absolute Gasteiger partial charge is 0.417 e. The van der Waals surface area contributed by atoms with Crippen LogP contribution in [-0.4, -0.2) is 44.9 Å². The maximum atomic E-state index is 14.8. The summed E-state index contributed by atoms with van der Waals surface area (Å²) >= 11 is 0. The molecule has 0 spiro atoms. The molecule has 10 heteroatoms. The van der Waals surface area contributed by atoms with Crippen LogP contribution in [0.15, 0.2) is 71.8 Å². The zero-order chi connectivity index (χ0) is 29.5. The largest absolute Gasteiger partial charge is 0.494 e. The van der Waals surface area contributed by atoms with E-state index >= 15 is 0 Å². The van der Waals surface area contributed by atoms with Gasteiger partial charge in [0.15, 0.2) is 0 Å². The molecule has 5 nitrogen and oxygen atoms in total. The summed E-state index contributed by atoms with van der Waals surface area (Å²) in [7, 11) is -3.20. The van der Waals surface area contributed by atoms with Crippen LogP contribution in [0.4, 0.5) is 17.6 Å². The van der Waals surface area contributed by atoms with Gasteiger partial charge < -0.3 is 14.6 Å². The van der Waals surface area contributed by atoms with E-state index in [9.17, 15) is 31.1 Å². The number of hydrogen-bond acceptors (Lipinski definition) is 5. The third-order valence-electron chi connectivity index (χ3n) is 8.07. The van der Waals surface area contributed by atoms with Crippen LogP contribution in [0, 0.1) is 23.6 Å². The maximum Gasteiger partial charge on any atom is 0.417 e. The lowest BCUT2D eigenvalue weighted by Crippen LogP contribution is -2.13. The van der Waals surface area contributed by atoms with Crippen LogP contribution in [0.3, 0.4) is 0 Å². The molecule has 2 aromatic carbocycles. The second kappa shape index (κ2) is 11.4. The minimum Gasteiger partial charge on any atom is -0.494 e. The van der Waals surface area contributed by atoms with Crippen molar-refractivity contribution < 1.29 is 40.6 Å². The van der Waals surface area contributed by atoms with Gasteiger partial charge in [0.1, 0.15) is 21.4 Å². The normalized spacial score (nSPS) is 23.8. The first-order chi connectivity index (χ1) is 19.4. The number of ether oxygens (including phenoxy) is 2. The van der Waals surface area contributed by atoms with Gasteiger partial charge in [-0.05, 0) is 95.2 Å². The van der Waals surface area contributed by atoms with E-state index in [0.29, 0.717) is 24.2 Å². The van der Waals surface area contributed by atoms with Crippen LogP contribution in [0.2, 0.25) is 0 Å². The molecule has 2 aromatic rings. The molecule has 3 aliphatic rings. The fourth-order valence-corrected chi connectivity index (χ4v) is 6.56. The Hall–Kier alpha value is -2.95. The Kier molecular flexibility index (Phi) is 8.20. The summed E-state index contributed by atoms with van der Waals surface area (Å²) in [5.41, 5.74) is 2.41. The molecule has 0 amide bonds. The highest BCUT2D eigenvalue weighted by Crippen LogP contribution is 2.62. The average molecular weight is 593 g/mol. The van der Waals surface area contributed by atoms with Gasteiger partial charge in [0, 0.05) is 18.4 Å². The summed E-state index contributed by atoms with van der Waals surface area (Å²) in [4.78, 5) is 0. The Balaban J connectivity index is 1.32.